The van der Waals surface area contributed by atoms with Gasteiger partial charge in [0.25, 0.3) is 5.91 Å². The first-order chi connectivity index (χ1) is 15.4. The minimum atomic E-state index is -0.365. The standard InChI is InChI=1S/C23H21Cl2N5O2/c1-15-6-7-21(16(2)12-15)32-14-30-10-8-20(27-30)23(31)26-22-9-11-29(28-22)13-17-18(24)4-3-5-19(17)25/h3-12H,13-14H2,1-2H3,(H,26,28,31). The summed E-state index contributed by atoms with van der Waals surface area (Å²) >= 11 is 12.4. The summed E-state index contributed by atoms with van der Waals surface area (Å²) in [5, 5.41) is 12.5. The summed E-state index contributed by atoms with van der Waals surface area (Å²) < 4.78 is 9.01. The van der Waals surface area contributed by atoms with Crippen LogP contribution in [0.1, 0.15) is 27.2 Å². The van der Waals surface area contributed by atoms with Crippen molar-refractivity contribution in [3.05, 3.63) is 93.4 Å². The van der Waals surface area contributed by atoms with Gasteiger partial charge in [-0.1, -0.05) is 47.0 Å². The number of anilines is 1. The van der Waals surface area contributed by atoms with Crippen molar-refractivity contribution < 1.29 is 9.53 Å². The average Bonchev–Trinajstić information content (AvgIpc) is 3.40. The summed E-state index contributed by atoms with van der Waals surface area (Å²) in [6, 6.07) is 14.6. The number of amides is 1. The molecule has 4 aromatic rings. The zero-order valence-corrected chi connectivity index (χ0v) is 19.1. The van der Waals surface area contributed by atoms with E-state index in [0.29, 0.717) is 22.4 Å². The molecule has 0 unspecified atom stereocenters. The lowest BCUT2D eigenvalue weighted by atomic mass is 10.1. The molecule has 0 aliphatic heterocycles. The van der Waals surface area contributed by atoms with E-state index < -0.39 is 0 Å². The first-order valence-corrected chi connectivity index (χ1v) is 10.7. The summed E-state index contributed by atoms with van der Waals surface area (Å²) in [5.41, 5.74) is 3.24. The molecule has 9 heteroatoms. The van der Waals surface area contributed by atoms with Crippen molar-refractivity contribution in [2.75, 3.05) is 5.32 Å². The number of benzene rings is 2. The Labute approximate surface area is 195 Å². The highest BCUT2D eigenvalue weighted by Crippen LogP contribution is 2.25. The number of nitrogens with one attached hydrogen (secondary N) is 1. The first-order valence-electron chi connectivity index (χ1n) is 9.90. The highest BCUT2D eigenvalue weighted by atomic mass is 35.5. The van der Waals surface area contributed by atoms with Crippen LogP contribution in [0.5, 0.6) is 5.75 Å². The summed E-state index contributed by atoms with van der Waals surface area (Å²) in [6.07, 6.45) is 3.43. The molecule has 2 aromatic carbocycles. The minimum Gasteiger partial charge on any atom is -0.471 e. The molecule has 0 radical (unpaired) electrons. The van der Waals surface area contributed by atoms with Crippen LogP contribution in [0.25, 0.3) is 0 Å². The molecule has 0 atom stereocenters. The summed E-state index contributed by atoms with van der Waals surface area (Å²) in [4.78, 5) is 12.5. The third-order valence-electron chi connectivity index (χ3n) is 4.82. The smallest absolute Gasteiger partial charge is 0.277 e. The van der Waals surface area contributed by atoms with E-state index in [2.05, 4.69) is 21.6 Å². The summed E-state index contributed by atoms with van der Waals surface area (Å²) in [7, 11) is 0. The maximum atomic E-state index is 12.5. The number of hydrogen-bond acceptors (Lipinski definition) is 4. The molecule has 0 saturated heterocycles. The molecule has 164 valence electrons. The highest BCUT2D eigenvalue weighted by molar-refractivity contribution is 6.35. The van der Waals surface area contributed by atoms with Crippen molar-refractivity contribution in [1.29, 1.82) is 0 Å². The predicted octanol–water partition coefficient (Wildman–Crippen LogP) is 5.34. The molecule has 1 N–H and O–H groups in total. The van der Waals surface area contributed by atoms with Crippen LogP contribution in [0, 0.1) is 13.8 Å². The number of nitrogens with zero attached hydrogens (tertiary/aromatic N) is 4. The molecule has 2 heterocycles. The quantitative estimate of drug-likeness (QED) is 0.396. The monoisotopic (exact) mass is 469 g/mol. The largest absolute Gasteiger partial charge is 0.471 e. The third kappa shape index (κ3) is 5.12. The molecule has 0 saturated carbocycles. The lowest BCUT2D eigenvalue weighted by Gasteiger charge is -2.09. The zero-order chi connectivity index (χ0) is 22.7. The molecule has 32 heavy (non-hydrogen) atoms. The van der Waals surface area contributed by atoms with Gasteiger partial charge in [-0.25, -0.2) is 4.68 Å². The van der Waals surface area contributed by atoms with Gasteiger partial charge in [0.1, 0.15) is 5.75 Å². The maximum absolute atomic E-state index is 12.5. The molecule has 4 rings (SSSR count). The molecule has 1 amide bonds. The number of ether oxygens (including phenoxy) is 1. The fraction of sp³-hybridized carbons (Fsp3) is 0.174. The number of aryl methyl sites for hydroxylation is 2. The lowest BCUT2D eigenvalue weighted by Crippen LogP contribution is -2.15. The second kappa shape index (κ2) is 9.46. The number of carbonyl (C=O) groups excluding carboxylic acids is 1. The van der Waals surface area contributed by atoms with Crippen molar-refractivity contribution in [1.82, 2.24) is 19.6 Å². The van der Waals surface area contributed by atoms with Crippen LogP contribution in [0.4, 0.5) is 5.82 Å². The van der Waals surface area contributed by atoms with E-state index in [1.165, 1.54) is 5.56 Å². The molecular weight excluding hydrogens is 449 g/mol. The second-order valence-electron chi connectivity index (χ2n) is 7.34. The van der Waals surface area contributed by atoms with Crippen molar-refractivity contribution in [2.45, 2.75) is 27.1 Å². The van der Waals surface area contributed by atoms with E-state index in [9.17, 15) is 4.79 Å². The Morgan fingerprint density at radius 3 is 2.50 bits per heavy atom. The Bertz CT molecular complexity index is 1240. The normalized spacial score (nSPS) is 10.9. The number of hydrogen-bond donors (Lipinski definition) is 1. The van der Waals surface area contributed by atoms with Crippen LogP contribution in [0.15, 0.2) is 60.9 Å². The number of carbonyl (C=O) groups is 1. The van der Waals surface area contributed by atoms with Gasteiger partial charge in [0.05, 0.1) is 6.54 Å². The molecule has 0 bridgehead atoms. The maximum Gasteiger partial charge on any atom is 0.277 e. The van der Waals surface area contributed by atoms with Crippen LogP contribution >= 0.6 is 23.2 Å². The molecule has 0 fully saturated rings. The zero-order valence-electron chi connectivity index (χ0n) is 17.5. The number of halogens is 2. The van der Waals surface area contributed by atoms with Gasteiger partial charge in [0.15, 0.2) is 18.2 Å². The van der Waals surface area contributed by atoms with Crippen molar-refractivity contribution in [3.63, 3.8) is 0 Å². The second-order valence-corrected chi connectivity index (χ2v) is 8.15. The van der Waals surface area contributed by atoms with E-state index in [4.69, 9.17) is 27.9 Å². The Hall–Kier alpha value is -3.29. The van der Waals surface area contributed by atoms with E-state index >= 15 is 0 Å². The predicted molar refractivity (Wildman–Crippen MR) is 125 cm³/mol. The first kappa shape index (κ1) is 21.9. The number of aromatic nitrogens is 4. The van der Waals surface area contributed by atoms with Gasteiger partial charge in [-0.2, -0.15) is 10.2 Å². The Balaban J connectivity index is 1.36. The van der Waals surface area contributed by atoms with Gasteiger partial charge in [-0.15, -0.1) is 0 Å². The van der Waals surface area contributed by atoms with Gasteiger partial charge < -0.3 is 10.1 Å². The summed E-state index contributed by atoms with van der Waals surface area (Å²) in [6.45, 7) is 4.61. The Morgan fingerprint density at radius 1 is 1.00 bits per heavy atom. The van der Waals surface area contributed by atoms with E-state index in [-0.39, 0.29) is 18.3 Å². The van der Waals surface area contributed by atoms with Crippen molar-refractivity contribution in [2.24, 2.45) is 0 Å². The van der Waals surface area contributed by atoms with Crippen LogP contribution in [0.3, 0.4) is 0 Å². The molecule has 0 aliphatic carbocycles. The van der Waals surface area contributed by atoms with Crippen LogP contribution in [0.2, 0.25) is 10.0 Å². The fourth-order valence-corrected chi connectivity index (χ4v) is 3.71. The Morgan fingerprint density at radius 2 is 1.75 bits per heavy atom. The van der Waals surface area contributed by atoms with Crippen LogP contribution in [-0.2, 0) is 13.3 Å². The topological polar surface area (TPSA) is 74.0 Å². The fourth-order valence-electron chi connectivity index (χ4n) is 3.19. The van der Waals surface area contributed by atoms with Crippen LogP contribution < -0.4 is 10.1 Å². The molecule has 2 aromatic heterocycles. The van der Waals surface area contributed by atoms with E-state index in [1.54, 1.807) is 52.1 Å². The molecule has 7 nitrogen and oxygen atoms in total. The third-order valence-corrected chi connectivity index (χ3v) is 5.53. The minimum absolute atomic E-state index is 0.199. The van der Waals surface area contributed by atoms with Gasteiger partial charge in [-0.05, 0) is 43.7 Å². The summed E-state index contributed by atoms with van der Waals surface area (Å²) in [5.74, 6) is 0.816. The van der Waals surface area contributed by atoms with Crippen LogP contribution in [-0.4, -0.2) is 25.5 Å². The van der Waals surface area contributed by atoms with Crippen molar-refractivity contribution in [3.8, 4) is 5.75 Å². The Kier molecular flexibility index (Phi) is 6.48. The van der Waals surface area contributed by atoms with Gasteiger partial charge in [0.2, 0.25) is 0 Å². The average molecular weight is 470 g/mol. The SMILES string of the molecule is Cc1ccc(OCn2ccc(C(=O)Nc3ccn(Cc4c(Cl)cccc4Cl)n3)n2)c(C)c1. The molecular formula is C23H21Cl2N5O2. The lowest BCUT2D eigenvalue weighted by molar-refractivity contribution is 0.101. The highest BCUT2D eigenvalue weighted by Gasteiger charge is 2.13. The van der Waals surface area contributed by atoms with E-state index in [1.807, 2.05) is 26.0 Å². The van der Waals surface area contributed by atoms with E-state index in [0.717, 1.165) is 16.9 Å². The molecule has 0 aliphatic rings. The van der Waals surface area contributed by atoms with Gasteiger partial charge in [0, 0.05) is 34.1 Å². The molecule has 0 spiro atoms. The van der Waals surface area contributed by atoms with Gasteiger partial charge in [-0.3, -0.25) is 9.48 Å². The van der Waals surface area contributed by atoms with Crippen molar-refractivity contribution >= 4 is 34.9 Å². The van der Waals surface area contributed by atoms with Gasteiger partial charge >= 0.3 is 0 Å². The number of rotatable bonds is 7.